The zero-order chi connectivity index (χ0) is 15.3. The largest absolute Gasteiger partial charge is 0.478 e. The minimum atomic E-state index is -0.474. The number of carbonyl (C=O) groups is 1. The Labute approximate surface area is 127 Å². The summed E-state index contributed by atoms with van der Waals surface area (Å²) in [5, 5.41) is 1.10. The number of aryl methyl sites for hydroxylation is 1. The van der Waals surface area contributed by atoms with Crippen LogP contribution in [0.1, 0.15) is 19.7 Å². The molecule has 1 amide bonds. The highest BCUT2D eigenvalue weighted by atomic mass is 35.5. The minimum absolute atomic E-state index is 0.0546. The second-order valence-electron chi connectivity index (χ2n) is 5.58. The van der Waals surface area contributed by atoms with Gasteiger partial charge in [-0.1, -0.05) is 25.4 Å². The summed E-state index contributed by atoms with van der Waals surface area (Å²) in [5.41, 5.74) is 1.41. The predicted octanol–water partition coefficient (Wildman–Crippen LogP) is 2.97. The van der Waals surface area contributed by atoms with E-state index in [2.05, 4.69) is 9.97 Å². The Balaban J connectivity index is 2.21. The number of anilines is 1. The number of fused-ring (bicyclic) bond motifs is 2. The van der Waals surface area contributed by atoms with E-state index in [4.69, 9.17) is 16.3 Å². The first-order valence-electron chi connectivity index (χ1n) is 6.80. The Morgan fingerprint density at radius 1 is 1.33 bits per heavy atom. The van der Waals surface area contributed by atoms with E-state index < -0.39 is 6.10 Å². The second-order valence-corrected chi connectivity index (χ2v) is 5.94. The van der Waals surface area contributed by atoms with E-state index in [9.17, 15) is 4.79 Å². The SMILES string of the molecule is Cc1nc(Cl)c2cc3c(cc2n1)OC(C(C)C)C(=O)N3C. The number of ether oxygens (including phenoxy) is 1. The molecule has 0 bridgehead atoms. The molecule has 2 aromatic rings. The van der Waals surface area contributed by atoms with Crippen molar-refractivity contribution in [1.82, 2.24) is 9.97 Å². The first-order valence-corrected chi connectivity index (χ1v) is 7.18. The van der Waals surface area contributed by atoms with Crippen LogP contribution in [0.25, 0.3) is 10.9 Å². The van der Waals surface area contributed by atoms with E-state index in [0.29, 0.717) is 27.8 Å². The summed E-state index contributed by atoms with van der Waals surface area (Å²) < 4.78 is 5.87. The molecule has 0 saturated heterocycles. The molecule has 0 N–H and O–H groups in total. The van der Waals surface area contributed by atoms with E-state index >= 15 is 0 Å². The molecule has 6 heteroatoms. The molecule has 0 fully saturated rings. The fourth-order valence-electron chi connectivity index (χ4n) is 2.49. The molecule has 1 aliphatic rings. The van der Waals surface area contributed by atoms with Gasteiger partial charge < -0.3 is 9.64 Å². The van der Waals surface area contributed by atoms with Gasteiger partial charge in [-0.15, -0.1) is 0 Å². The van der Waals surface area contributed by atoms with Crippen LogP contribution in [-0.4, -0.2) is 29.0 Å². The van der Waals surface area contributed by atoms with Crippen molar-refractivity contribution < 1.29 is 9.53 Å². The van der Waals surface area contributed by atoms with Crippen LogP contribution in [0.15, 0.2) is 12.1 Å². The lowest BCUT2D eigenvalue weighted by atomic mass is 10.0. The molecule has 5 nitrogen and oxygen atoms in total. The number of likely N-dealkylation sites (N-methyl/N-ethyl adjacent to an activating group) is 1. The topological polar surface area (TPSA) is 55.3 Å². The van der Waals surface area contributed by atoms with Gasteiger partial charge in [0.15, 0.2) is 6.10 Å². The zero-order valence-electron chi connectivity index (χ0n) is 12.3. The lowest BCUT2D eigenvalue weighted by molar-refractivity contribution is -0.127. The first kappa shape index (κ1) is 14.1. The Morgan fingerprint density at radius 3 is 2.71 bits per heavy atom. The molecular weight excluding hydrogens is 290 g/mol. The molecule has 110 valence electrons. The summed E-state index contributed by atoms with van der Waals surface area (Å²) in [6.07, 6.45) is -0.474. The molecule has 1 aromatic heterocycles. The van der Waals surface area contributed by atoms with Gasteiger partial charge in [0.1, 0.15) is 16.7 Å². The summed E-state index contributed by atoms with van der Waals surface area (Å²) in [6.45, 7) is 5.72. The van der Waals surface area contributed by atoms with Crippen LogP contribution in [0.3, 0.4) is 0 Å². The number of nitrogens with zero attached hydrogens (tertiary/aromatic N) is 3. The number of benzene rings is 1. The van der Waals surface area contributed by atoms with E-state index in [1.807, 2.05) is 19.9 Å². The van der Waals surface area contributed by atoms with Gasteiger partial charge in [-0.2, -0.15) is 0 Å². The van der Waals surface area contributed by atoms with Crippen LogP contribution in [0.2, 0.25) is 5.15 Å². The fourth-order valence-corrected chi connectivity index (χ4v) is 2.77. The number of hydrogen-bond acceptors (Lipinski definition) is 4. The standard InChI is InChI=1S/C15H16ClN3O2/c1-7(2)13-15(20)19(4)11-5-9-10(6-12(11)21-13)17-8(3)18-14(9)16/h5-7,13H,1-4H3. The smallest absolute Gasteiger partial charge is 0.268 e. The van der Waals surface area contributed by atoms with Crippen LogP contribution in [0, 0.1) is 12.8 Å². The number of rotatable bonds is 1. The van der Waals surface area contributed by atoms with Gasteiger partial charge in [-0.3, -0.25) is 4.79 Å². The number of aromatic nitrogens is 2. The Morgan fingerprint density at radius 2 is 2.05 bits per heavy atom. The van der Waals surface area contributed by atoms with Crippen molar-refractivity contribution in [1.29, 1.82) is 0 Å². The molecule has 0 aliphatic carbocycles. The molecule has 2 heterocycles. The van der Waals surface area contributed by atoms with Crippen molar-refractivity contribution >= 4 is 34.1 Å². The van der Waals surface area contributed by atoms with Crippen LogP contribution in [-0.2, 0) is 4.79 Å². The Hall–Kier alpha value is -1.88. The maximum atomic E-state index is 12.3. The van der Waals surface area contributed by atoms with E-state index in [0.717, 1.165) is 5.52 Å². The Kier molecular flexibility index (Phi) is 3.24. The second kappa shape index (κ2) is 4.84. The summed E-state index contributed by atoms with van der Waals surface area (Å²) in [5.74, 6) is 1.30. The van der Waals surface area contributed by atoms with Gasteiger partial charge in [0.2, 0.25) is 0 Å². The van der Waals surface area contributed by atoms with Crippen molar-refractivity contribution in [2.75, 3.05) is 11.9 Å². The maximum Gasteiger partial charge on any atom is 0.268 e. The quantitative estimate of drug-likeness (QED) is 0.760. The molecule has 0 spiro atoms. The molecular formula is C15H16ClN3O2. The van der Waals surface area contributed by atoms with Gasteiger partial charge in [0.25, 0.3) is 5.91 Å². The number of hydrogen-bond donors (Lipinski definition) is 0. The van der Waals surface area contributed by atoms with E-state index in [1.165, 1.54) is 0 Å². The van der Waals surface area contributed by atoms with Crippen LogP contribution < -0.4 is 9.64 Å². The highest BCUT2D eigenvalue weighted by Gasteiger charge is 2.34. The molecule has 1 unspecified atom stereocenters. The van der Waals surface area contributed by atoms with Crippen molar-refractivity contribution in [2.45, 2.75) is 26.9 Å². The number of halogens is 1. The predicted molar refractivity (Wildman–Crippen MR) is 81.9 cm³/mol. The van der Waals surface area contributed by atoms with Gasteiger partial charge in [-0.05, 0) is 18.9 Å². The van der Waals surface area contributed by atoms with Crippen LogP contribution >= 0.6 is 11.6 Å². The monoisotopic (exact) mass is 305 g/mol. The lowest BCUT2D eigenvalue weighted by Gasteiger charge is -2.34. The third kappa shape index (κ3) is 2.21. The summed E-state index contributed by atoms with van der Waals surface area (Å²) in [7, 11) is 1.74. The average molecular weight is 306 g/mol. The third-order valence-electron chi connectivity index (χ3n) is 3.64. The normalized spacial score (nSPS) is 18.1. The highest BCUT2D eigenvalue weighted by Crippen LogP contribution is 2.39. The summed E-state index contributed by atoms with van der Waals surface area (Å²) in [4.78, 5) is 22.5. The average Bonchev–Trinajstić information content (AvgIpc) is 2.41. The Bertz CT molecular complexity index is 745. The number of amides is 1. The van der Waals surface area contributed by atoms with E-state index in [1.54, 1.807) is 24.9 Å². The molecule has 0 saturated carbocycles. The van der Waals surface area contributed by atoms with Crippen LogP contribution in [0.5, 0.6) is 5.75 Å². The zero-order valence-corrected chi connectivity index (χ0v) is 13.1. The molecule has 1 atom stereocenters. The van der Waals surface area contributed by atoms with E-state index in [-0.39, 0.29) is 11.8 Å². The van der Waals surface area contributed by atoms with Gasteiger partial charge in [-0.25, -0.2) is 9.97 Å². The molecule has 1 aliphatic heterocycles. The first-order chi connectivity index (χ1) is 9.88. The van der Waals surface area contributed by atoms with Gasteiger partial charge in [0.05, 0.1) is 11.2 Å². The molecule has 1 aromatic carbocycles. The lowest BCUT2D eigenvalue weighted by Crippen LogP contribution is -2.46. The van der Waals surface area contributed by atoms with Crippen molar-refractivity contribution in [3.63, 3.8) is 0 Å². The molecule has 0 radical (unpaired) electrons. The van der Waals surface area contributed by atoms with Crippen molar-refractivity contribution in [2.24, 2.45) is 5.92 Å². The van der Waals surface area contributed by atoms with Crippen LogP contribution in [0.4, 0.5) is 5.69 Å². The summed E-state index contributed by atoms with van der Waals surface area (Å²) in [6, 6.07) is 3.63. The maximum absolute atomic E-state index is 12.3. The number of carbonyl (C=O) groups excluding carboxylic acids is 1. The summed E-state index contributed by atoms with van der Waals surface area (Å²) >= 11 is 6.17. The molecule has 21 heavy (non-hydrogen) atoms. The third-order valence-corrected chi connectivity index (χ3v) is 3.92. The molecule has 3 rings (SSSR count). The minimum Gasteiger partial charge on any atom is -0.478 e. The fraction of sp³-hybridized carbons (Fsp3) is 0.400. The highest BCUT2D eigenvalue weighted by molar-refractivity contribution is 6.34. The van der Waals surface area contributed by atoms with Gasteiger partial charge >= 0.3 is 0 Å². The van der Waals surface area contributed by atoms with Crippen molar-refractivity contribution in [3.8, 4) is 5.75 Å². The van der Waals surface area contributed by atoms with Gasteiger partial charge in [0, 0.05) is 18.5 Å². The van der Waals surface area contributed by atoms with Crippen molar-refractivity contribution in [3.05, 3.63) is 23.1 Å².